The molecule has 3 N–H and O–H groups in total. The number of hydrogen-bond acceptors (Lipinski definition) is 2. The molecule has 2 aromatic carbocycles. The second kappa shape index (κ2) is 5.70. The first-order valence-corrected chi connectivity index (χ1v) is 6.39. The van der Waals surface area contributed by atoms with Gasteiger partial charge in [-0.3, -0.25) is 5.84 Å². The molecule has 0 spiro atoms. The van der Waals surface area contributed by atoms with E-state index in [-0.39, 0.29) is 5.82 Å². The average molecular weight is 279 g/mol. The standard InChI is InChI=1S/C15H16ClFN2/c1-9-7-10(2)14(13(17)8-9)15(19-18)11-3-5-12(16)6-4-11/h3-8,15,19H,18H2,1-2H3. The van der Waals surface area contributed by atoms with Crippen LogP contribution in [-0.2, 0) is 0 Å². The Kier molecular flexibility index (Phi) is 4.20. The second-order valence-electron chi connectivity index (χ2n) is 4.63. The van der Waals surface area contributed by atoms with E-state index >= 15 is 0 Å². The Balaban J connectivity index is 2.51. The van der Waals surface area contributed by atoms with Crippen molar-refractivity contribution in [2.45, 2.75) is 19.9 Å². The number of halogens is 2. The predicted octanol–water partition coefficient (Wildman–Crippen LogP) is 3.65. The Hall–Kier alpha value is -1.42. The van der Waals surface area contributed by atoms with E-state index in [1.165, 1.54) is 6.07 Å². The molecular weight excluding hydrogens is 263 g/mol. The van der Waals surface area contributed by atoms with Crippen LogP contribution in [0.25, 0.3) is 0 Å². The lowest BCUT2D eigenvalue weighted by Gasteiger charge is -2.20. The summed E-state index contributed by atoms with van der Waals surface area (Å²) in [5.41, 5.74) is 5.88. The number of benzene rings is 2. The minimum Gasteiger partial charge on any atom is -0.271 e. The van der Waals surface area contributed by atoms with Gasteiger partial charge in [-0.25, -0.2) is 9.82 Å². The smallest absolute Gasteiger partial charge is 0.128 e. The van der Waals surface area contributed by atoms with Gasteiger partial charge in [0.2, 0.25) is 0 Å². The maximum absolute atomic E-state index is 14.2. The third kappa shape index (κ3) is 2.95. The van der Waals surface area contributed by atoms with Crippen LogP contribution in [0.1, 0.15) is 28.3 Å². The van der Waals surface area contributed by atoms with Crippen LogP contribution in [0.15, 0.2) is 36.4 Å². The van der Waals surface area contributed by atoms with Crippen molar-refractivity contribution in [2.75, 3.05) is 0 Å². The van der Waals surface area contributed by atoms with Crippen LogP contribution in [0, 0.1) is 19.7 Å². The molecule has 0 aliphatic carbocycles. The summed E-state index contributed by atoms with van der Waals surface area (Å²) in [4.78, 5) is 0. The van der Waals surface area contributed by atoms with Crippen molar-refractivity contribution in [1.82, 2.24) is 5.43 Å². The molecule has 0 fully saturated rings. The lowest BCUT2D eigenvalue weighted by Crippen LogP contribution is -2.30. The fourth-order valence-electron chi connectivity index (χ4n) is 2.29. The van der Waals surface area contributed by atoms with Crippen LogP contribution >= 0.6 is 11.6 Å². The van der Waals surface area contributed by atoms with E-state index in [0.717, 1.165) is 16.7 Å². The second-order valence-corrected chi connectivity index (χ2v) is 5.06. The van der Waals surface area contributed by atoms with Crippen LogP contribution in [0.3, 0.4) is 0 Å². The zero-order valence-electron chi connectivity index (χ0n) is 10.9. The van der Waals surface area contributed by atoms with E-state index in [1.54, 1.807) is 12.1 Å². The van der Waals surface area contributed by atoms with Crippen molar-refractivity contribution >= 4 is 11.6 Å². The number of rotatable bonds is 3. The number of nitrogens with one attached hydrogen (secondary N) is 1. The quantitative estimate of drug-likeness (QED) is 0.664. The van der Waals surface area contributed by atoms with E-state index in [2.05, 4.69) is 5.43 Å². The monoisotopic (exact) mass is 278 g/mol. The molecule has 0 saturated carbocycles. The summed E-state index contributed by atoms with van der Waals surface area (Å²) in [6.45, 7) is 3.75. The van der Waals surface area contributed by atoms with E-state index in [0.29, 0.717) is 10.6 Å². The van der Waals surface area contributed by atoms with Crippen LogP contribution in [0.4, 0.5) is 4.39 Å². The largest absolute Gasteiger partial charge is 0.271 e. The Morgan fingerprint density at radius 1 is 1.16 bits per heavy atom. The Morgan fingerprint density at radius 2 is 1.79 bits per heavy atom. The van der Waals surface area contributed by atoms with Gasteiger partial charge in [0.1, 0.15) is 5.82 Å². The fraction of sp³-hybridized carbons (Fsp3) is 0.200. The minimum atomic E-state index is -0.391. The van der Waals surface area contributed by atoms with Gasteiger partial charge in [0.05, 0.1) is 6.04 Å². The van der Waals surface area contributed by atoms with Gasteiger partial charge in [-0.2, -0.15) is 0 Å². The molecular formula is C15H16ClFN2. The van der Waals surface area contributed by atoms with E-state index < -0.39 is 6.04 Å². The number of aryl methyl sites for hydroxylation is 2. The van der Waals surface area contributed by atoms with Crippen molar-refractivity contribution in [3.8, 4) is 0 Å². The van der Waals surface area contributed by atoms with Gasteiger partial charge >= 0.3 is 0 Å². The summed E-state index contributed by atoms with van der Waals surface area (Å²) < 4.78 is 14.2. The normalized spacial score (nSPS) is 12.5. The topological polar surface area (TPSA) is 38.0 Å². The lowest BCUT2D eigenvalue weighted by molar-refractivity contribution is 0.556. The van der Waals surface area contributed by atoms with Crippen molar-refractivity contribution < 1.29 is 4.39 Å². The predicted molar refractivity (Wildman–Crippen MR) is 76.5 cm³/mol. The molecule has 0 aliphatic rings. The molecule has 0 aliphatic heterocycles. The Labute approximate surface area is 117 Å². The molecule has 2 rings (SSSR count). The van der Waals surface area contributed by atoms with Crippen molar-refractivity contribution in [1.29, 1.82) is 0 Å². The molecule has 4 heteroatoms. The Morgan fingerprint density at radius 3 is 2.32 bits per heavy atom. The van der Waals surface area contributed by atoms with E-state index in [9.17, 15) is 4.39 Å². The summed E-state index contributed by atoms with van der Waals surface area (Å²) in [5.74, 6) is 5.35. The molecule has 2 aromatic rings. The zero-order chi connectivity index (χ0) is 14.0. The SMILES string of the molecule is Cc1cc(C)c(C(NN)c2ccc(Cl)cc2)c(F)c1. The van der Waals surface area contributed by atoms with Crippen LogP contribution in [0.2, 0.25) is 5.02 Å². The third-order valence-electron chi connectivity index (χ3n) is 3.14. The summed E-state index contributed by atoms with van der Waals surface area (Å²) in [6, 6.07) is 10.3. The summed E-state index contributed by atoms with van der Waals surface area (Å²) in [6.07, 6.45) is 0. The van der Waals surface area contributed by atoms with Gasteiger partial charge in [0.15, 0.2) is 0 Å². The molecule has 0 bridgehead atoms. The average Bonchev–Trinajstić information content (AvgIpc) is 2.35. The van der Waals surface area contributed by atoms with Gasteiger partial charge in [0, 0.05) is 10.6 Å². The molecule has 0 radical (unpaired) electrons. The number of hydrogen-bond donors (Lipinski definition) is 2. The van der Waals surface area contributed by atoms with Crippen molar-refractivity contribution in [2.24, 2.45) is 5.84 Å². The molecule has 0 aromatic heterocycles. The maximum atomic E-state index is 14.2. The van der Waals surface area contributed by atoms with E-state index in [4.69, 9.17) is 17.4 Å². The van der Waals surface area contributed by atoms with Crippen molar-refractivity contribution in [3.63, 3.8) is 0 Å². The molecule has 0 amide bonds. The molecule has 1 unspecified atom stereocenters. The first kappa shape index (κ1) is 14.0. The first-order valence-electron chi connectivity index (χ1n) is 6.01. The van der Waals surface area contributed by atoms with Crippen molar-refractivity contribution in [3.05, 3.63) is 69.5 Å². The molecule has 1 atom stereocenters. The van der Waals surface area contributed by atoms with Crippen LogP contribution < -0.4 is 11.3 Å². The number of hydrazine groups is 1. The number of nitrogens with two attached hydrogens (primary N) is 1. The van der Waals surface area contributed by atoms with Crippen LogP contribution in [0.5, 0.6) is 0 Å². The summed E-state index contributed by atoms with van der Waals surface area (Å²) in [7, 11) is 0. The van der Waals surface area contributed by atoms with Crippen LogP contribution in [-0.4, -0.2) is 0 Å². The van der Waals surface area contributed by atoms with Gasteiger partial charge in [0.25, 0.3) is 0 Å². The highest BCUT2D eigenvalue weighted by Crippen LogP contribution is 2.28. The molecule has 0 heterocycles. The first-order chi connectivity index (χ1) is 9.02. The van der Waals surface area contributed by atoms with Gasteiger partial charge < -0.3 is 0 Å². The summed E-state index contributed by atoms with van der Waals surface area (Å²) >= 11 is 5.86. The lowest BCUT2D eigenvalue weighted by atomic mass is 9.94. The highest BCUT2D eigenvalue weighted by molar-refractivity contribution is 6.30. The molecule has 0 saturated heterocycles. The zero-order valence-corrected chi connectivity index (χ0v) is 11.6. The summed E-state index contributed by atoms with van der Waals surface area (Å²) in [5, 5.41) is 0.639. The fourth-order valence-corrected chi connectivity index (χ4v) is 2.42. The highest BCUT2D eigenvalue weighted by atomic mass is 35.5. The van der Waals surface area contributed by atoms with Gasteiger partial charge in [-0.15, -0.1) is 0 Å². The maximum Gasteiger partial charge on any atom is 0.128 e. The molecule has 19 heavy (non-hydrogen) atoms. The molecule has 100 valence electrons. The van der Waals surface area contributed by atoms with Gasteiger partial charge in [-0.05, 0) is 48.7 Å². The highest BCUT2D eigenvalue weighted by Gasteiger charge is 2.19. The molecule has 2 nitrogen and oxygen atoms in total. The van der Waals surface area contributed by atoms with Gasteiger partial charge in [-0.1, -0.05) is 29.8 Å². The minimum absolute atomic E-state index is 0.254. The Bertz CT molecular complexity index is 558. The van der Waals surface area contributed by atoms with E-state index in [1.807, 2.05) is 32.0 Å². The third-order valence-corrected chi connectivity index (χ3v) is 3.39.